The number of aliphatic hydroxyl groups is 1. The van der Waals surface area contributed by atoms with Gasteiger partial charge in [-0.25, -0.2) is 15.1 Å². The van der Waals surface area contributed by atoms with Crippen LogP contribution in [0.5, 0.6) is 0 Å². The van der Waals surface area contributed by atoms with Gasteiger partial charge in [-0.1, -0.05) is 24.3 Å². The third kappa shape index (κ3) is 5.02. The zero-order valence-corrected chi connectivity index (χ0v) is 16.7. The van der Waals surface area contributed by atoms with E-state index in [1.807, 2.05) is 12.1 Å². The summed E-state index contributed by atoms with van der Waals surface area (Å²) < 4.78 is 26.6. The summed E-state index contributed by atoms with van der Waals surface area (Å²) >= 11 is 0. The molecule has 10 heteroatoms. The van der Waals surface area contributed by atoms with Crippen LogP contribution in [-0.4, -0.2) is 42.2 Å². The highest BCUT2D eigenvalue weighted by Gasteiger charge is 2.34. The van der Waals surface area contributed by atoms with Crippen molar-refractivity contribution in [2.24, 2.45) is 11.1 Å². The quantitative estimate of drug-likeness (QED) is 0.527. The Morgan fingerprint density at radius 2 is 1.93 bits per heavy atom. The van der Waals surface area contributed by atoms with Gasteiger partial charge in [0.05, 0.1) is 24.8 Å². The van der Waals surface area contributed by atoms with Crippen molar-refractivity contribution in [3.8, 4) is 0 Å². The summed E-state index contributed by atoms with van der Waals surface area (Å²) in [5, 5.41) is 21.9. The van der Waals surface area contributed by atoms with Gasteiger partial charge in [0.1, 0.15) is 18.0 Å². The average molecular weight is 420 g/mol. The number of hydrogen-bond donors (Lipinski definition) is 4. The Morgan fingerprint density at radius 3 is 2.72 bits per heavy atom. The number of aliphatic hydroxyl groups excluding tert-OH is 1. The number of rotatable bonds is 7. The lowest BCUT2D eigenvalue weighted by atomic mass is 10.1. The first-order valence-electron chi connectivity index (χ1n) is 9.65. The molecule has 4 atom stereocenters. The maximum absolute atomic E-state index is 11.0. The van der Waals surface area contributed by atoms with Crippen LogP contribution in [-0.2, 0) is 20.9 Å². The number of nitrogens with zero attached hydrogens (tertiary/aromatic N) is 2. The van der Waals surface area contributed by atoms with Crippen molar-refractivity contribution in [3.63, 3.8) is 0 Å². The Hall–Kier alpha value is -2.27. The van der Waals surface area contributed by atoms with Crippen LogP contribution < -0.4 is 15.8 Å². The van der Waals surface area contributed by atoms with Gasteiger partial charge in [-0.3, -0.25) is 4.18 Å². The number of nitrogens with one attached hydrogen (secondary N) is 2. The molecule has 156 valence electrons. The Bertz CT molecular complexity index is 971. The molecule has 5 N–H and O–H groups in total. The van der Waals surface area contributed by atoms with Gasteiger partial charge in [-0.05, 0) is 42.7 Å². The van der Waals surface area contributed by atoms with Gasteiger partial charge in [-0.15, -0.1) is 0 Å². The second-order valence-corrected chi connectivity index (χ2v) is 8.88. The molecule has 1 saturated carbocycles. The summed E-state index contributed by atoms with van der Waals surface area (Å²) in [5.41, 5.74) is 2.66. The van der Waals surface area contributed by atoms with E-state index in [-0.39, 0.29) is 24.6 Å². The minimum Gasteiger partial charge on any atom is -0.391 e. The van der Waals surface area contributed by atoms with E-state index < -0.39 is 16.4 Å². The Labute approximate surface area is 170 Å². The topological polar surface area (TPSA) is 139 Å². The van der Waals surface area contributed by atoms with E-state index in [0.29, 0.717) is 24.5 Å². The van der Waals surface area contributed by atoms with Gasteiger partial charge in [0.25, 0.3) is 0 Å². The lowest BCUT2D eigenvalue weighted by molar-refractivity contribution is 0.160. The van der Waals surface area contributed by atoms with Crippen molar-refractivity contribution in [1.82, 2.24) is 9.97 Å². The van der Waals surface area contributed by atoms with Crippen molar-refractivity contribution in [2.75, 3.05) is 17.2 Å². The second kappa shape index (κ2) is 8.23. The van der Waals surface area contributed by atoms with Gasteiger partial charge < -0.3 is 15.7 Å². The minimum absolute atomic E-state index is 0.0360. The van der Waals surface area contributed by atoms with Gasteiger partial charge in [-0.2, -0.15) is 8.42 Å². The molecule has 1 heterocycles. The summed E-state index contributed by atoms with van der Waals surface area (Å²) in [7, 11) is -3.97. The molecule has 1 unspecified atom stereocenters. The number of aryl methyl sites for hydroxylation is 1. The van der Waals surface area contributed by atoms with E-state index in [4.69, 9.17) is 5.14 Å². The number of fused-ring (bicyclic) bond motifs is 1. The van der Waals surface area contributed by atoms with Crippen LogP contribution >= 0.6 is 0 Å². The third-order valence-electron chi connectivity index (χ3n) is 5.55. The number of anilines is 2. The molecule has 4 rings (SSSR count). The monoisotopic (exact) mass is 419 g/mol. The molecular formula is C19H25N5O4S. The molecule has 0 radical (unpaired) electrons. The molecule has 0 aliphatic heterocycles. The first kappa shape index (κ1) is 20.0. The van der Waals surface area contributed by atoms with E-state index in [2.05, 4.69) is 43.0 Å². The van der Waals surface area contributed by atoms with Crippen LogP contribution in [0.3, 0.4) is 0 Å². The Morgan fingerprint density at radius 1 is 1.17 bits per heavy atom. The number of aromatic nitrogens is 2. The summed E-state index contributed by atoms with van der Waals surface area (Å²) in [6, 6.07) is 10.2. The van der Waals surface area contributed by atoms with Crippen molar-refractivity contribution in [1.29, 1.82) is 0 Å². The normalized spacial score (nSPS) is 26.3. The van der Waals surface area contributed by atoms with Crippen LogP contribution in [0.4, 0.5) is 11.6 Å². The number of benzene rings is 1. The summed E-state index contributed by atoms with van der Waals surface area (Å²) in [4.78, 5) is 8.56. The Balaban J connectivity index is 1.37. The number of hydrogen-bond acceptors (Lipinski definition) is 8. The SMILES string of the molecule is NS(=O)(=O)OC[C@@H]1C[C@@H](O)[C@H](Nc2cc(NC3CCc4ccccc43)ncn2)C1. The van der Waals surface area contributed by atoms with Crippen LogP contribution in [0, 0.1) is 5.92 Å². The molecule has 2 aliphatic carbocycles. The highest BCUT2D eigenvalue weighted by molar-refractivity contribution is 7.84. The van der Waals surface area contributed by atoms with Crippen molar-refractivity contribution >= 4 is 21.9 Å². The van der Waals surface area contributed by atoms with Gasteiger partial charge in [0.15, 0.2) is 0 Å². The van der Waals surface area contributed by atoms with Crippen molar-refractivity contribution < 1.29 is 17.7 Å². The molecular weight excluding hydrogens is 394 g/mol. The maximum Gasteiger partial charge on any atom is 0.333 e. The lowest BCUT2D eigenvalue weighted by Crippen LogP contribution is -2.28. The smallest absolute Gasteiger partial charge is 0.333 e. The van der Waals surface area contributed by atoms with E-state index in [0.717, 1.165) is 12.8 Å². The fourth-order valence-corrected chi connectivity index (χ4v) is 4.57. The van der Waals surface area contributed by atoms with E-state index in [1.165, 1.54) is 17.5 Å². The fraction of sp³-hybridized carbons (Fsp3) is 0.474. The number of nitrogens with two attached hydrogens (primary N) is 1. The molecule has 1 fully saturated rings. The predicted molar refractivity (Wildman–Crippen MR) is 108 cm³/mol. The van der Waals surface area contributed by atoms with Crippen molar-refractivity contribution in [3.05, 3.63) is 47.8 Å². The van der Waals surface area contributed by atoms with Crippen LogP contribution in [0.25, 0.3) is 0 Å². The molecule has 9 nitrogen and oxygen atoms in total. The molecule has 0 saturated heterocycles. The summed E-state index contributed by atoms with van der Waals surface area (Å²) in [6.07, 6.45) is 3.90. The lowest BCUT2D eigenvalue weighted by Gasteiger charge is -2.19. The van der Waals surface area contributed by atoms with Gasteiger partial charge in [0.2, 0.25) is 0 Å². The highest BCUT2D eigenvalue weighted by Crippen LogP contribution is 2.34. The molecule has 2 aromatic rings. The molecule has 0 bridgehead atoms. The standard InChI is InChI=1S/C19H25N5O4S/c20-29(26,27)28-10-12-7-16(17(25)8-12)24-19-9-18(21-11-22-19)23-15-6-5-13-3-1-2-4-14(13)15/h1-4,9,11-12,15-17,25H,5-8,10H2,(H2,20,26,27)(H2,21,22,23,24)/t12-,15?,16+,17+/m0/s1. The van der Waals surface area contributed by atoms with Crippen LogP contribution in [0.1, 0.15) is 36.4 Å². The zero-order valence-electron chi connectivity index (χ0n) is 15.9. The van der Waals surface area contributed by atoms with Gasteiger partial charge >= 0.3 is 10.3 Å². The summed E-state index contributed by atoms with van der Waals surface area (Å²) in [6.45, 7) is -0.0360. The summed E-state index contributed by atoms with van der Waals surface area (Å²) in [5.74, 6) is 1.21. The van der Waals surface area contributed by atoms with E-state index in [9.17, 15) is 13.5 Å². The second-order valence-electron chi connectivity index (χ2n) is 7.66. The minimum atomic E-state index is -3.97. The molecule has 0 spiro atoms. The molecule has 1 aromatic carbocycles. The zero-order chi connectivity index (χ0) is 20.4. The first-order valence-corrected chi connectivity index (χ1v) is 11.1. The molecule has 2 aliphatic rings. The Kier molecular flexibility index (Phi) is 5.68. The van der Waals surface area contributed by atoms with Crippen LogP contribution in [0.15, 0.2) is 36.7 Å². The molecule has 0 amide bonds. The van der Waals surface area contributed by atoms with E-state index in [1.54, 1.807) is 0 Å². The molecule has 29 heavy (non-hydrogen) atoms. The third-order valence-corrected chi connectivity index (χ3v) is 6.01. The van der Waals surface area contributed by atoms with Gasteiger partial charge in [0, 0.05) is 6.07 Å². The largest absolute Gasteiger partial charge is 0.391 e. The average Bonchev–Trinajstić information content (AvgIpc) is 3.24. The first-order chi connectivity index (χ1) is 13.9. The van der Waals surface area contributed by atoms with Crippen molar-refractivity contribution in [2.45, 2.75) is 43.9 Å². The maximum atomic E-state index is 11.0. The predicted octanol–water partition coefficient (Wildman–Crippen LogP) is 1.35. The van der Waals surface area contributed by atoms with Crippen LogP contribution in [0.2, 0.25) is 0 Å². The fourth-order valence-electron chi connectivity index (χ4n) is 4.19. The highest BCUT2D eigenvalue weighted by atomic mass is 32.2. The molecule has 1 aromatic heterocycles. The van der Waals surface area contributed by atoms with E-state index >= 15 is 0 Å².